The Morgan fingerprint density at radius 1 is 1.11 bits per heavy atom. The molecule has 204 valence electrons. The van der Waals surface area contributed by atoms with Crippen molar-refractivity contribution >= 4 is 21.9 Å². The van der Waals surface area contributed by atoms with Crippen LogP contribution in [0.2, 0.25) is 0 Å². The van der Waals surface area contributed by atoms with Crippen molar-refractivity contribution in [2.24, 2.45) is 5.92 Å². The molecule has 1 atom stereocenters. The second-order valence-corrected chi connectivity index (χ2v) is 11.0. The van der Waals surface area contributed by atoms with Crippen LogP contribution in [0, 0.1) is 24.5 Å². The Kier molecular flexibility index (Phi) is 10.00. The van der Waals surface area contributed by atoms with Crippen LogP contribution in [0.4, 0.5) is 14.5 Å². The molecule has 1 aliphatic carbocycles. The highest BCUT2D eigenvalue weighted by atomic mass is 32.2. The normalized spacial score (nSPS) is 19.0. The van der Waals surface area contributed by atoms with Gasteiger partial charge in [0.2, 0.25) is 5.91 Å². The van der Waals surface area contributed by atoms with Crippen LogP contribution in [0.3, 0.4) is 0 Å². The van der Waals surface area contributed by atoms with Gasteiger partial charge in [0.15, 0.2) is 0 Å². The molecule has 0 spiro atoms. The monoisotopic (exact) mass is 539 g/mol. The van der Waals surface area contributed by atoms with E-state index in [1.807, 2.05) is 20.2 Å². The van der Waals surface area contributed by atoms with Gasteiger partial charge in [-0.2, -0.15) is 8.42 Å². The molecule has 8 nitrogen and oxygen atoms in total. The van der Waals surface area contributed by atoms with Gasteiger partial charge in [-0.05, 0) is 94.1 Å². The maximum Gasteiger partial charge on any atom is 0.360 e. The Morgan fingerprint density at radius 2 is 1.78 bits per heavy atom. The van der Waals surface area contributed by atoms with Crippen LogP contribution in [-0.4, -0.2) is 63.7 Å². The zero-order chi connectivity index (χ0) is 27.2. The van der Waals surface area contributed by atoms with Crippen molar-refractivity contribution in [3.63, 3.8) is 0 Å². The van der Waals surface area contributed by atoms with Gasteiger partial charge in [-0.1, -0.05) is 12.1 Å². The number of hydrogen-bond acceptors (Lipinski definition) is 5. The largest absolute Gasteiger partial charge is 0.370 e. The molecule has 1 fully saturated rings. The number of carbonyl (C=O) groups is 1. The minimum Gasteiger partial charge on any atom is -0.370 e. The molecule has 0 radical (unpaired) electrons. The van der Waals surface area contributed by atoms with E-state index in [1.54, 1.807) is 12.1 Å². The summed E-state index contributed by atoms with van der Waals surface area (Å²) in [7, 11) is -0.637. The number of halogens is 2. The fourth-order valence-electron chi connectivity index (χ4n) is 5.10. The Bertz CT molecular complexity index is 1170. The lowest BCUT2D eigenvalue weighted by atomic mass is 9.78. The third-order valence-electron chi connectivity index (χ3n) is 6.71. The molecule has 2 aromatic carbocycles. The van der Waals surface area contributed by atoms with E-state index in [0.29, 0.717) is 15.8 Å². The maximum absolute atomic E-state index is 13.8. The summed E-state index contributed by atoms with van der Waals surface area (Å²) in [5.74, 6) is -0.751. The first-order valence-corrected chi connectivity index (χ1v) is 13.7. The average Bonchev–Trinajstić information content (AvgIpc) is 2.80. The van der Waals surface area contributed by atoms with Crippen LogP contribution in [0.15, 0.2) is 42.5 Å². The van der Waals surface area contributed by atoms with Crippen molar-refractivity contribution in [1.82, 2.24) is 10.2 Å². The number of carbonyl (C=O) groups excluding carboxylic acids is 1. The molecule has 1 saturated carbocycles. The highest BCUT2D eigenvalue weighted by molar-refractivity contribution is 7.87. The fourth-order valence-corrected chi connectivity index (χ4v) is 5.86. The molecular weight excluding hydrogens is 504 g/mol. The second kappa shape index (κ2) is 12.8. The molecule has 2 N–H and O–H groups in total. The zero-order valence-corrected chi connectivity index (χ0v) is 22.2. The third-order valence-corrected chi connectivity index (χ3v) is 7.64. The number of anilines is 1. The highest BCUT2D eigenvalue weighted by Gasteiger charge is 2.30. The van der Waals surface area contributed by atoms with Crippen LogP contribution in [0.1, 0.15) is 42.9 Å². The summed E-state index contributed by atoms with van der Waals surface area (Å²) in [6.07, 6.45) is 3.34. The molecule has 3 rings (SSSR count). The predicted octanol–water partition coefficient (Wildman–Crippen LogP) is 3.88. The lowest BCUT2D eigenvalue weighted by molar-refractivity contribution is -0.126. The molecule has 1 aliphatic rings. The van der Waals surface area contributed by atoms with Gasteiger partial charge in [0.25, 0.3) is 0 Å². The first-order chi connectivity index (χ1) is 17.5. The number of nitrogens with one attached hydrogen (secondary N) is 1. The summed E-state index contributed by atoms with van der Waals surface area (Å²) in [6, 6.07) is 10.3. The van der Waals surface area contributed by atoms with Gasteiger partial charge >= 0.3 is 10.3 Å². The molecule has 0 aromatic heterocycles. The SMILES string of the molecule is Cc1cc(F)ccc1N(CCOCC(=O)NC1CCC(C(c2cccc(F)c2)N(C)C)CC1)S(=O)(=O)O. The quantitative estimate of drug-likeness (QED) is 0.332. The van der Waals surface area contributed by atoms with Crippen molar-refractivity contribution in [2.75, 3.05) is 38.2 Å². The van der Waals surface area contributed by atoms with Crippen molar-refractivity contribution in [2.45, 2.75) is 44.7 Å². The van der Waals surface area contributed by atoms with Gasteiger partial charge in [-0.3, -0.25) is 9.35 Å². The van der Waals surface area contributed by atoms with Gasteiger partial charge in [0, 0.05) is 12.1 Å². The molecule has 0 aliphatic heterocycles. The number of rotatable bonds is 11. The van der Waals surface area contributed by atoms with E-state index in [-0.39, 0.29) is 49.3 Å². The number of hydrogen-bond donors (Lipinski definition) is 2. The average molecular weight is 540 g/mol. The number of benzene rings is 2. The predicted molar refractivity (Wildman–Crippen MR) is 138 cm³/mol. The Labute approximate surface area is 217 Å². The molecular formula is C26H35F2N3O5S. The van der Waals surface area contributed by atoms with E-state index >= 15 is 0 Å². The van der Waals surface area contributed by atoms with E-state index in [0.717, 1.165) is 43.4 Å². The molecule has 2 aromatic rings. The summed E-state index contributed by atoms with van der Waals surface area (Å²) in [4.78, 5) is 14.5. The van der Waals surface area contributed by atoms with E-state index < -0.39 is 16.1 Å². The molecule has 0 bridgehead atoms. The minimum absolute atomic E-state index is 0.00106. The second-order valence-electron chi connectivity index (χ2n) is 9.68. The van der Waals surface area contributed by atoms with Gasteiger partial charge < -0.3 is 15.0 Å². The first kappa shape index (κ1) is 29.0. The summed E-state index contributed by atoms with van der Waals surface area (Å²) in [5.41, 5.74) is 1.41. The standard InChI is InChI=1S/C26H35F2N3O5S/c1-18-15-22(28)9-12-24(18)31(37(33,34)35)13-14-36-17-25(32)29-23-10-7-19(8-11-23)26(30(2)3)20-5-4-6-21(27)16-20/h4-6,9,12,15-16,19,23,26H,7-8,10-11,13-14,17H2,1-3H3,(H,29,32)(H,33,34,35). The molecule has 11 heteroatoms. The molecule has 37 heavy (non-hydrogen) atoms. The van der Waals surface area contributed by atoms with Gasteiger partial charge in [-0.25, -0.2) is 13.1 Å². The van der Waals surface area contributed by atoms with Gasteiger partial charge in [-0.15, -0.1) is 0 Å². The smallest absolute Gasteiger partial charge is 0.360 e. The first-order valence-electron chi connectivity index (χ1n) is 12.3. The summed E-state index contributed by atoms with van der Waals surface area (Å²) in [5, 5.41) is 2.96. The van der Waals surface area contributed by atoms with Crippen LogP contribution >= 0.6 is 0 Å². The lowest BCUT2D eigenvalue weighted by Gasteiger charge is -2.37. The number of ether oxygens (including phenoxy) is 1. The third kappa shape index (κ3) is 8.19. The Hall–Kier alpha value is -2.60. The van der Waals surface area contributed by atoms with E-state index in [4.69, 9.17) is 4.74 Å². The summed E-state index contributed by atoms with van der Waals surface area (Å²) in [6.45, 7) is 0.883. The Morgan fingerprint density at radius 3 is 2.38 bits per heavy atom. The van der Waals surface area contributed by atoms with E-state index in [1.165, 1.54) is 19.1 Å². The molecule has 0 heterocycles. The molecule has 1 unspecified atom stereocenters. The van der Waals surface area contributed by atoms with Crippen molar-refractivity contribution < 1.29 is 31.3 Å². The lowest BCUT2D eigenvalue weighted by Crippen LogP contribution is -2.41. The Balaban J connectivity index is 1.46. The summed E-state index contributed by atoms with van der Waals surface area (Å²) < 4.78 is 66.4. The van der Waals surface area contributed by atoms with Crippen molar-refractivity contribution in [3.8, 4) is 0 Å². The van der Waals surface area contributed by atoms with Crippen LogP contribution in [0.25, 0.3) is 0 Å². The fraction of sp³-hybridized carbons (Fsp3) is 0.500. The highest BCUT2D eigenvalue weighted by Crippen LogP contribution is 2.37. The van der Waals surface area contributed by atoms with Crippen LogP contribution in [-0.2, 0) is 19.8 Å². The van der Waals surface area contributed by atoms with E-state index in [9.17, 15) is 26.5 Å². The van der Waals surface area contributed by atoms with E-state index in [2.05, 4.69) is 10.2 Å². The molecule has 0 saturated heterocycles. The zero-order valence-electron chi connectivity index (χ0n) is 21.4. The van der Waals surface area contributed by atoms with Crippen molar-refractivity contribution in [3.05, 3.63) is 65.2 Å². The van der Waals surface area contributed by atoms with Gasteiger partial charge in [0.1, 0.15) is 18.2 Å². The maximum atomic E-state index is 13.8. The number of nitrogens with zero attached hydrogens (tertiary/aromatic N) is 2. The minimum atomic E-state index is -4.61. The van der Waals surface area contributed by atoms with Gasteiger partial charge in [0.05, 0.1) is 18.8 Å². The number of amides is 1. The van der Waals surface area contributed by atoms with Crippen LogP contribution < -0.4 is 9.62 Å². The van der Waals surface area contributed by atoms with Crippen molar-refractivity contribution in [1.29, 1.82) is 0 Å². The molecule has 1 amide bonds. The number of aryl methyl sites for hydroxylation is 1. The summed E-state index contributed by atoms with van der Waals surface area (Å²) >= 11 is 0. The topological polar surface area (TPSA) is 99.2 Å². The van der Waals surface area contributed by atoms with Crippen LogP contribution in [0.5, 0.6) is 0 Å².